The normalized spacial score (nSPS) is 12.2. The molecular weight excluding hydrogens is 209 g/mol. The molecule has 0 amide bonds. The lowest BCUT2D eigenvalue weighted by Crippen LogP contribution is -2.16. The SMILES string of the molecule is COc1cccc(C(=O)CCC(C)N)c1F. The summed E-state index contributed by atoms with van der Waals surface area (Å²) in [6, 6.07) is 4.48. The fourth-order valence-corrected chi connectivity index (χ4v) is 1.38. The third kappa shape index (κ3) is 3.03. The summed E-state index contributed by atoms with van der Waals surface area (Å²) < 4.78 is 18.5. The number of carbonyl (C=O) groups excluding carboxylic acids is 1. The molecule has 0 aliphatic heterocycles. The number of hydrogen-bond donors (Lipinski definition) is 1. The van der Waals surface area contributed by atoms with Crippen molar-refractivity contribution in [1.82, 2.24) is 0 Å². The zero-order valence-electron chi connectivity index (χ0n) is 9.50. The molecule has 0 spiro atoms. The molecule has 2 N–H and O–H groups in total. The molecule has 0 heterocycles. The van der Waals surface area contributed by atoms with Crippen LogP contribution in [0, 0.1) is 5.82 Å². The van der Waals surface area contributed by atoms with Crippen LogP contribution in [0.25, 0.3) is 0 Å². The van der Waals surface area contributed by atoms with Gasteiger partial charge in [-0.25, -0.2) is 4.39 Å². The highest BCUT2D eigenvalue weighted by Crippen LogP contribution is 2.21. The van der Waals surface area contributed by atoms with Crippen molar-refractivity contribution in [2.45, 2.75) is 25.8 Å². The monoisotopic (exact) mass is 225 g/mol. The van der Waals surface area contributed by atoms with Crippen molar-refractivity contribution in [3.05, 3.63) is 29.6 Å². The first-order valence-electron chi connectivity index (χ1n) is 5.17. The van der Waals surface area contributed by atoms with Gasteiger partial charge in [0, 0.05) is 12.5 Å². The van der Waals surface area contributed by atoms with Crippen molar-refractivity contribution in [3.63, 3.8) is 0 Å². The fraction of sp³-hybridized carbons (Fsp3) is 0.417. The molecule has 0 fully saturated rings. The summed E-state index contributed by atoms with van der Waals surface area (Å²) in [4.78, 5) is 11.7. The first-order chi connectivity index (χ1) is 7.56. The lowest BCUT2D eigenvalue weighted by atomic mass is 10.0. The lowest BCUT2D eigenvalue weighted by Gasteiger charge is -2.07. The lowest BCUT2D eigenvalue weighted by molar-refractivity contribution is 0.0973. The second kappa shape index (κ2) is 5.61. The van der Waals surface area contributed by atoms with Gasteiger partial charge in [0.15, 0.2) is 17.3 Å². The predicted octanol–water partition coefficient (Wildman–Crippen LogP) is 2.14. The fourth-order valence-electron chi connectivity index (χ4n) is 1.38. The van der Waals surface area contributed by atoms with Crippen LogP contribution in [0.1, 0.15) is 30.1 Å². The van der Waals surface area contributed by atoms with Crippen LogP contribution >= 0.6 is 0 Å². The summed E-state index contributed by atoms with van der Waals surface area (Å²) >= 11 is 0. The van der Waals surface area contributed by atoms with Crippen molar-refractivity contribution in [3.8, 4) is 5.75 Å². The number of benzene rings is 1. The van der Waals surface area contributed by atoms with E-state index in [0.29, 0.717) is 6.42 Å². The van der Waals surface area contributed by atoms with Crippen LogP contribution in [0.3, 0.4) is 0 Å². The van der Waals surface area contributed by atoms with Gasteiger partial charge in [0.2, 0.25) is 0 Å². The van der Waals surface area contributed by atoms with Crippen LogP contribution in [-0.4, -0.2) is 18.9 Å². The Morgan fingerprint density at radius 2 is 2.25 bits per heavy atom. The Labute approximate surface area is 94.4 Å². The van der Waals surface area contributed by atoms with Crippen LogP contribution in [0.15, 0.2) is 18.2 Å². The van der Waals surface area contributed by atoms with E-state index in [2.05, 4.69) is 0 Å². The molecule has 1 aromatic carbocycles. The van der Waals surface area contributed by atoms with Crippen molar-refractivity contribution in [1.29, 1.82) is 0 Å². The quantitative estimate of drug-likeness (QED) is 0.781. The van der Waals surface area contributed by atoms with Crippen molar-refractivity contribution >= 4 is 5.78 Å². The van der Waals surface area contributed by atoms with E-state index < -0.39 is 5.82 Å². The molecule has 1 aromatic rings. The average Bonchev–Trinajstić information content (AvgIpc) is 2.26. The van der Waals surface area contributed by atoms with Crippen LogP contribution in [-0.2, 0) is 0 Å². The number of Topliss-reactive ketones (excluding diaryl/α,β-unsaturated/α-hetero) is 1. The number of ketones is 1. The summed E-state index contributed by atoms with van der Waals surface area (Å²) in [5.41, 5.74) is 5.61. The topological polar surface area (TPSA) is 52.3 Å². The minimum absolute atomic E-state index is 0.0578. The number of nitrogens with two attached hydrogens (primary N) is 1. The maximum Gasteiger partial charge on any atom is 0.175 e. The molecule has 0 saturated carbocycles. The smallest absolute Gasteiger partial charge is 0.175 e. The molecule has 0 radical (unpaired) electrons. The standard InChI is InChI=1S/C12H16FNO2/c1-8(14)6-7-10(15)9-4-3-5-11(16-2)12(9)13/h3-5,8H,6-7,14H2,1-2H3. The summed E-state index contributed by atoms with van der Waals surface area (Å²) in [5.74, 6) is -0.750. The molecule has 1 atom stereocenters. The van der Waals surface area contributed by atoms with Crippen LogP contribution in [0.5, 0.6) is 5.75 Å². The van der Waals surface area contributed by atoms with Gasteiger partial charge in [-0.2, -0.15) is 0 Å². The Hall–Kier alpha value is -1.42. The third-order valence-corrected chi connectivity index (χ3v) is 2.31. The van der Waals surface area contributed by atoms with E-state index >= 15 is 0 Å². The Bertz CT molecular complexity index is 377. The number of rotatable bonds is 5. The second-order valence-electron chi connectivity index (χ2n) is 3.76. The number of hydrogen-bond acceptors (Lipinski definition) is 3. The highest BCUT2D eigenvalue weighted by molar-refractivity contribution is 5.96. The molecule has 0 saturated heterocycles. The Morgan fingerprint density at radius 1 is 1.56 bits per heavy atom. The highest BCUT2D eigenvalue weighted by atomic mass is 19.1. The van der Waals surface area contributed by atoms with Gasteiger partial charge >= 0.3 is 0 Å². The van der Waals surface area contributed by atoms with Crippen molar-refractivity contribution in [2.24, 2.45) is 5.73 Å². The summed E-state index contributed by atoms with van der Waals surface area (Å²) in [5, 5.41) is 0. The molecular formula is C12H16FNO2. The molecule has 1 unspecified atom stereocenters. The van der Waals surface area contributed by atoms with Gasteiger partial charge in [-0.1, -0.05) is 6.07 Å². The molecule has 4 heteroatoms. The molecule has 0 aliphatic rings. The molecule has 3 nitrogen and oxygen atoms in total. The van der Waals surface area contributed by atoms with Crippen molar-refractivity contribution < 1.29 is 13.9 Å². The zero-order valence-corrected chi connectivity index (χ0v) is 9.50. The minimum Gasteiger partial charge on any atom is -0.494 e. The summed E-state index contributed by atoms with van der Waals surface area (Å²) in [6.07, 6.45) is 0.803. The third-order valence-electron chi connectivity index (χ3n) is 2.31. The van der Waals surface area contributed by atoms with Gasteiger partial charge in [0.05, 0.1) is 12.7 Å². The van der Waals surface area contributed by atoms with Crippen LogP contribution in [0.2, 0.25) is 0 Å². The van der Waals surface area contributed by atoms with Gasteiger partial charge in [0.25, 0.3) is 0 Å². The van der Waals surface area contributed by atoms with Gasteiger partial charge in [-0.05, 0) is 25.5 Å². The maximum atomic E-state index is 13.7. The first-order valence-corrected chi connectivity index (χ1v) is 5.17. The van der Waals surface area contributed by atoms with Gasteiger partial charge in [-0.3, -0.25) is 4.79 Å². The highest BCUT2D eigenvalue weighted by Gasteiger charge is 2.15. The molecule has 16 heavy (non-hydrogen) atoms. The molecule has 0 bridgehead atoms. The minimum atomic E-state index is -0.598. The van der Waals surface area contributed by atoms with Gasteiger partial charge < -0.3 is 10.5 Å². The molecule has 0 aromatic heterocycles. The Balaban J connectivity index is 2.83. The van der Waals surface area contributed by atoms with Crippen molar-refractivity contribution in [2.75, 3.05) is 7.11 Å². The van der Waals surface area contributed by atoms with E-state index in [1.807, 2.05) is 6.92 Å². The Morgan fingerprint density at radius 3 is 2.81 bits per heavy atom. The van der Waals surface area contributed by atoms with E-state index in [1.54, 1.807) is 6.07 Å². The van der Waals surface area contributed by atoms with E-state index in [-0.39, 0.29) is 29.6 Å². The molecule has 0 aliphatic carbocycles. The Kier molecular flexibility index (Phi) is 4.43. The largest absolute Gasteiger partial charge is 0.494 e. The van der Waals surface area contributed by atoms with E-state index in [0.717, 1.165) is 0 Å². The van der Waals surface area contributed by atoms with Crippen LogP contribution in [0.4, 0.5) is 4.39 Å². The number of halogens is 1. The second-order valence-corrected chi connectivity index (χ2v) is 3.76. The van der Waals surface area contributed by atoms with Gasteiger partial charge in [-0.15, -0.1) is 0 Å². The number of carbonyl (C=O) groups is 1. The summed E-state index contributed by atoms with van der Waals surface area (Å²) in [6.45, 7) is 1.81. The number of methoxy groups -OCH3 is 1. The predicted molar refractivity (Wildman–Crippen MR) is 60.2 cm³/mol. The molecule has 88 valence electrons. The van der Waals surface area contributed by atoms with Gasteiger partial charge in [0.1, 0.15) is 0 Å². The van der Waals surface area contributed by atoms with E-state index in [4.69, 9.17) is 10.5 Å². The number of ether oxygens (including phenoxy) is 1. The van der Waals surface area contributed by atoms with Crippen LogP contribution < -0.4 is 10.5 Å². The summed E-state index contributed by atoms with van der Waals surface area (Å²) in [7, 11) is 1.37. The average molecular weight is 225 g/mol. The van der Waals surface area contributed by atoms with E-state index in [1.165, 1.54) is 19.2 Å². The zero-order chi connectivity index (χ0) is 12.1. The van der Waals surface area contributed by atoms with E-state index in [9.17, 15) is 9.18 Å². The first kappa shape index (κ1) is 12.6. The molecule has 1 rings (SSSR count). The maximum absolute atomic E-state index is 13.7.